The largest absolute Gasteiger partial charge is 0.493 e. The summed E-state index contributed by atoms with van der Waals surface area (Å²) in [6.07, 6.45) is 0.702. The second-order valence-corrected chi connectivity index (χ2v) is 4.48. The quantitative estimate of drug-likeness (QED) is 0.839. The third-order valence-corrected chi connectivity index (χ3v) is 2.75. The molecule has 1 aromatic rings. The molecule has 0 radical (unpaired) electrons. The molecule has 1 rings (SSSR count). The van der Waals surface area contributed by atoms with E-state index in [0.29, 0.717) is 23.1 Å². The molecular formula is C14H17ClN2O3. The average molecular weight is 297 g/mol. The van der Waals surface area contributed by atoms with E-state index in [-0.39, 0.29) is 18.9 Å². The van der Waals surface area contributed by atoms with E-state index in [9.17, 15) is 4.79 Å². The molecule has 0 aliphatic heterocycles. The Labute approximate surface area is 123 Å². The first-order valence-corrected chi connectivity index (χ1v) is 6.63. The van der Waals surface area contributed by atoms with E-state index in [2.05, 4.69) is 5.32 Å². The van der Waals surface area contributed by atoms with Crippen molar-refractivity contribution in [2.24, 2.45) is 0 Å². The Morgan fingerprint density at radius 2 is 2.25 bits per heavy atom. The summed E-state index contributed by atoms with van der Waals surface area (Å²) >= 11 is 6.16. The second kappa shape index (κ2) is 8.28. The third-order valence-electron chi connectivity index (χ3n) is 2.47. The van der Waals surface area contributed by atoms with Crippen molar-refractivity contribution < 1.29 is 14.3 Å². The third kappa shape index (κ3) is 4.63. The van der Waals surface area contributed by atoms with Gasteiger partial charge in [-0.15, -0.1) is 0 Å². The molecule has 0 heterocycles. The second-order valence-electron chi connectivity index (χ2n) is 4.07. The Kier molecular flexibility index (Phi) is 6.68. The molecule has 1 aromatic carbocycles. The normalized spacial score (nSPS) is 9.70. The number of amides is 1. The fraction of sp³-hybridized carbons (Fsp3) is 0.429. The van der Waals surface area contributed by atoms with Crippen LogP contribution in [0.5, 0.6) is 11.5 Å². The van der Waals surface area contributed by atoms with Crippen molar-refractivity contribution >= 4 is 17.5 Å². The van der Waals surface area contributed by atoms with Crippen LogP contribution < -0.4 is 14.8 Å². The number of nitrogens with one attached hydrogen (secondary N) is 1. The first kappa shape index (κ1) is 16.1. The first-order valence-electron chi connectivity index (χ1n) is 6.25. The number of rotatable bonds is 7. The monoisotopic (exact) mass is 296 g/mol. The maximum atomic E-state index is 11.2. The van der Waals surface area contributed by atoms with Crippen molar-refractivity contribution in [3.05, 3.63) is 22.7 Å². The molecule has 20 heavy (non-hydrogen) atoms. The first-order chi connectivity index (χ1) is 9.62. The molecule has 5 nitrogen and oxygen atoms in total. The molecule has 0 fully saturated rings. The zero-order valence-electron chi connectivity index (χ0n) is 11.5. The summed E-state index contributed by atoms with van der Waals surface area (Å²) in [5.74, 6) is 0.701. The standard InChI is InChI=1S/C14H17ClN2O3/c1-3-6-20-14-11(15)7-10(8-12(14)19-2)9-17-13(18)4-5-16/h7-8H,3-4,6,9H2,1-2H3,(H,17,18). The molecule has 6 heteroatoms. The van der Waals surface area contributed by atoms with Gasteiger partial charge in [-0.3, -0.25) is 4.79 Å². The Morgan fingerprint density at radius 3 is 2.85 bits per heavy atom. The molecule has 0 saturated carbocycles. The van der Waals surface area contributed by atoms with Crippen LogP contribution in [0.25, 0.3) is 0 Å². The van der Waals surface area contributed by atoms with Crippen molar-refractivity contribution in [2.45, 2.75) is 26.3 Å². The highest BCUT2D eigenvalue weighted by atomic mass is 35.5. The summed E-state index contributed by atoms with van der Waals surface area (Å²) in [5.41, 5.74) is 0.780. The van der Waals surface area contributed by atoms with E-state index in [4.69, 9.17) is 26.3 Å². The number of halogens is 1. The van der Waals surface area contributed by atoms with Gasteiger partial charge in [0.1, 0.15) is 6.42 Å². The van der Waals surface area contributed by atoms with Gasteiger partial charge in [-0.05, 0) is 24.1 Å². The van der Waals surface area contributed by atoms with Gasteiger partial charge in [0.15, 0.2) is 11.5 Å². The van der Waals surface area contributed by atoms with Gasteiger partial charge in [-0.2, -0.15) is 5.26 Å². The number of methoxy groups -OCH3 is 1. The maximum absolute atomic E-state index is 11.2. The van der Waals surface area contributed by atoms with Gasteiger partial charge < -0.3 is 14.8 Å². The maximum Gasteiger partial charge on any atom is 0.234 e. The number of ether oxygens (including phenoxy) is 2. The number of nitrogens with zero attached hydrogens (tertiary/aromatic N) is 1. The van der Waals surface area contributed by atoms with Gasteiger partial charge in [-0.1, -0.05) is 18.5 Å². The summed E-state index contributed by atoms with van der Waals surface area (Å²) in [5, 5.41) is 11.5. The van der Waals surface area contributed by atoms with Crippen molar-refractivity contribution in [3.63, 3.8) is 0 Å². The Balaban J connectivity index is 2.82. The van der Waals surface area contributed by atoms with Gasteiger partial charge in [0.2, 0.25) is 5.91 Å². The molecular weight excluding hydrogens is 280 g/mol. The molecule has 0 aromatic heterocycles. The highest BCUT2D eigenvalue weighted by Gasteiger charge is 2.12. The van der Waals surface area contributed by atoms with Gasteiger partial charge in [-0.25, -0.2) is 0 Å². The highest BCUT2D eigenvalue weighted by Crippen LogP contribution is 2.36. The summed E-state index contributed by atoms with van der Waals surface area (Å²) in [6.45, 7) is 2.83. The van der Waals surface area contributed by atoms with Crippen LogP contribution in [-0.4, -0.2) is 19.6 Å². The minimum absolute atomic E-state index is 0.164. The van der Waals surface area contributed by atoms with Crippen LogP contribution in [0.15, 0.2) is 12.1 Å². The number of carbonyl (C=O) groups is 1. The summed E-state index contributed by atoms with van der Waals surface area (Å²) in [7, 11) is 1.53. The molecule has 108 valence electrons. The van der Waals surface area contributed by atoms with Crippen molar-refractivity contribution in [1.29, 1.82) is 5.26 Å². The van der Waals surface area contributed by atoms with Crippen LogP contribution in [0.1, 0.15) is 25.3 Å². The summed E-state index contributed by atoms with van der Waals surface area (Å²) in [6, 6.07) is 5.25. The van der Waals surface area contributed by atoms with Crippen molar-refractivity contribution in [1.82, 2.24) is 5.32 Å². The Morgan fingerprint density at radius 1 is 1.50 bits per heavy atom. The smallest absolute Gasteiger partial charge is 0.234 e. The fourth-order valence-electron chi connectivity index (χ4n) is 1.55. The van der Waals surface area contributed by atoms with Crippen LogP contribution >= 0.6 is 11.6 Å². The number of nitriles is 1. The van der Waals surface area contributed by atoms with E-state index in [1.54, 1.807) is 18.2 Å². The number of benzene rings is 1. The van der Waals surface area contributed by atoms with Gasteiger partial charge >= 0.3 is 0 Å². The molecule has 0 bridgehead atoms. The average Bonchev–Trinajstić information content (AvgIpc) is 2.43. The predicted octanol–water partition coefficient (Wildman–Crippen LogP) is 2.67. The van der Waals surface area contributed by atoms with Gasteiger partial charge in [0, 0.05) is 6.54 Å². The van der Waals surface area contributed by atoms with Crippen LogP contribution in [0.4, 0.5) is 0 Å². The van der Waals surface area contributed by atoms with E-state index < -0.39 is 0 Å². The van der Waals surface area contributed by atoms with Gasteiger partial charge in [0.05, 0.1) is 24.8 Å². The predicted molar refractivity (Wildman–Crippen MR) is 75.9 cm³/mol. The van der Waals surface area contributed by atoms with Crippen LogP contribution in [-0.2, 0) is 11.3 Å². The lowest BCUT2D eigenvalue weighted by molar-refractivity contribution is -0.120. The van der Waals surface area contributed by atoms with Crippen LogP contribution in [0.3, 0.4) is 0 Å². The highest BCUT2D eigenvalue weighted by molar-refractivity contribution is 6.32. The lowest BCUT2D eigenvalue weighted by Crippen LogP contribution is -2.21. The number of carbonyl (C=O) groups excluding carboxylic acids is 1. The van der Waals surface area contributed by atoms with E-state index in [1.165, 1.54) is 7.11 Å². The zero-order chi connectivity index (χ0) is 15.0. The molecule has 0 saturated heterocycles. The van der Waals surface area contributed by atoms with E-state index in [1.807, 2.05) is 6.92 Å². The minimum atomic E-state index is -0.325. The molecule has 0 aliphatic rings. The molecule has 0 atom stereocenters. The van der Waals surface area contributed by atoms with Crippen molar-refractivity contribution in [2.75, 3.05) is 13.7 Å². The Bertz CT molecular complexity index is 512. The van der Waals surface area contributed by atoms with Gasteiger partial charge in [0.25, 0.3) is 0 Å². The minimum Gasteiger partial charge on any atom is -0.493 e. The SMILES string of the molecule is CCCOc1c(Cl)cc(CNC(=O)CC#N)cc1OC. The zero-order valence-corrected chi connectivity index (χ0v) is 12.3. The molecule has 1 N–H and O–H groups in total. The molecule has 0 aliphatic carbocycles. The fourth-order valence-corrected chi connectivity index (χ4v) is 1.84. The number of hydrogen-bond acceptors (Lipinski definition) is 4. The van der Waals surface area contributed by atoms with Crippen molar-refractivity contribution in [3.8, 4) is 17.6 Å². The lowest BCUT2D eigenvalue weighted by Gasteiger charge is -2.14. The van der Waals surface area contributed by atoms with E-state index >= 15 is 0 Å². The number of hydrogen-bond donors (Lipinski definition) is 1. The summed E-state index contributed by atoms with van der Waals surface area (Å²) in [4.78, 5) is 11.2. The topological polar surface area (TPSA) is 71.3 Å². The summed E-state index contributed by atoms with van der Waals surface area (Å²) < 4.78 is 10.8. The van der Waals surface area contributed by atoms with E-state index in [0.717, 1.165) is 12.0 Å². The molecule has 1 amide bonds. The van der Waals surface area contributed by atoms with Crippen LogP contribution in [0, 0.1) is 11.3 Å². The van der Waals surface area contributed by atoms with Crippen LogP contribution in [0.2, 0.25) is 5.02 Å². The Hall–Kier alpha value is -1.93. The molecule has 0 spiro atoms. The lowest BCUT2D eigenvalue weighted by atomic mass is 10.2. The molecule has 0 unspecified atom stereocenters.